The Kier molecular flexibility index (Phi) is 4.99. The van der Waals surface area contributed by atoms with Crippen molar-refractivity contribution in [2.75, 3.05) is 13.1 Å². The van der Waals surface area contributed by atoms with Gasteiger partial charge >= 0.3 is 5.97 Å². The number of rotatable bonds is 4. The molecule has 0 aromatic heterocycles. The first kappa shape index (κ1) is 15.5. The van der Waals surface area contributed by atoms with E-state index in [9.17, 15) is 9.59 Å². The van der Waals surface area contributed by atoms with E-state index < -0.39 is 5.97 Å². The molecule has 1 heterocycles. The second kappa shape index (κ2) is 6.74. The van der Waals surface area contributed by atoms with Crippen LogP contribution in [0.4, 0.5) is 0 Å². The molecule has 21 heavy (non-hydrogen) atoms. The van der Waals surface area contributed by atoms with Gasteiger partial charge in [0.25, 0.3) is 0 Å². The largest absolute Gasteiger partial charge is 0.478 e. The van der Waals surface area contributed by atoms with Gasteiger partial charge in [-0.3, -0.25) is 4.79 Å². The van der Waals surface area contributed by atoms with Crippen LogP contribution in [0.5, 0.6) is 0 Å². The van der Waals surface area contributed by atoms with Gasteiger partial charge in [0.1, 0.15) is 0 Å². The van der Waals surface area contributed by atoms with Crippen molar-refractivity contribution in [1.29, 1.82) is 0 Å². The van der Waals surface area contributed by atoms with Crippen LogP contribution < -0.4 is 0 Å². The number of piperidine rings is 1. The zero-order valence-electron chi connectivity index (χ0n) is 12.7. The third-order valence-electron chi connectivity index (χ3n) is 4.39. The van der Waals surface area contributed by atoms with Crippen LogP contribution in [0.15, 0.2) is 24.3 Å². The Balaban J connectivity index is 1.89. The summed E-state index contributed by atoms with van der Waals surface area (Å²) in [6.45, 7) is 6.17. The molecule has 4 heteroatoms. The lowest BCUT2D eigenvalue weighted by Gasteiger charge is -2.34. The van der Waals surface area contributed by atoms with Crippen molar-refractivity contribution < 1.29 is 14.7 Å². The number of carboxylic acids is 1. The van der Waals surface area contributed by atoms with E-state index in [-0.39, 0.29) is 11.5 Å². The second-order valence-electron chi connectivity index (χ2n) is 6.14. The molecule has 0 aliphatic carbocycles. The van der Waals surface area contributed by atoms with E-state index in [0.717, 1.165) is 37.4 Å². The van der Waals surface area contributed by atoms with E-state index in [2.05, 4.69) is 13.8 Å². The van der Waals surface area contributed by atoms with E-state index in [1.54, 1.807) is 24.3 Å². The monoisotopic (exact) mass is 289 g/mol. The van der Waals surface area contributed by atoms with Gasteiger partial charge in [-0.05, 0) is 42.4 Å². The van der Waals surface area contributed by atoms with Crippen LogP contribution in [-0.2, 0) is 11.2 Å². The normalized spacial score (nSPS) is 16.2. The lowest BCUT2D eigenvalue weighted by molar-refractivity contribution is -0.132. The fourth-order valence-electron chi connectivity index (χ4n) is 2.87. The van der Waals surface area contributed by atoms with Crippen molar-refractivity contribution in [2.24, 2.45) is 11.8 Å². The van der Waals surface area contributed by atoms with Crippen LogP contribution in [0.1, 0.15) is 42.6 Å². The molecule has 1 aliphatic rings. The van der Waals surface area contributed by atoms with Gasteiger partial charge in [0, 0.05) is 13.1 Å². The molecule has 0 atom stereocenters. The van der Waals surface area contributed by atoms with Gasteiger partial charge in [-0.25, -0.2) is 4.79 Å². The van der Waals surface area contributed by atoms with E-state index in [1.807, 2.05) is 4.90 Å². The number of hydrogen-bond donors (Lipinski definition) is 1. The Morgan fingerprint density at radius 3 is 2.24 bits per heavy atom. The number of benzene rings is 1. The molecule has 2 rings (SSSR count). The summed E-state index contributed by atoms with van der Waals surface area (Å²) >= 11 is 0. The lowest BCUT2D eigenvalue weighted by Crippen LogP contribution is -2.40. The number of carbonyl (C=O) groups excluding carboxylic acids is 1. The quantitative estimate of drug-likeness (QED) is 0.927. The second-order valence-corrected chi connectivity index (χ2v) is 6.14. The summed E-state index contributed by atoms with van der Waals surface area (Å²) in [7, 11) is 0. The zero-order valence-corrected chi connectivity index (χ0v) is 12.7. The summed E-state index contributed by atoms with van der Waals surface area (Å²) in [5.41, 5.74) is 1.12. The summed E-state index contributed by atoms with van der Waals surface area (Å²) < 4.78 is 0. The van der Waals surface area contributed by atoms with Gasteiger partial charge in [-0.1, -0.05) is 26.0 Å². The number of hydrogen-bond acceptors (Lipinski definition) is 2. The Morgan fingerprint density at radius 2 is 1.76 bits per heavy atom. The summed E-state index contributed by atoms with van der Waals surface area (Å²) in [5.74, 6) is 0.610. The first-order valence-electron chi connectivity index (χ1n) is 7.57. The fourth-order valence-corrected chi connectivity index (χ4v) is 2.87. The van der Waals surface area contributed by atoms with E-state index in [4.69, 9.17) is 5.11 Å². The van der Waals surface area contributed by atoms with E-state index >= 15 is 0 Å². The molecule has 0 spiro atoms. The van der Waals surface area contributed by atoms with Gasteiger partial charge < -0.3 is 10.0 Å². The fraction of sp³-hybridized carbons (Fsp3) is 0.529. The van der Waals surface area contributed by atoms with Gasteiger partial charge in [0.2, 0.25) is 5.91 Å². The van der Waals surface area contributed by atoms with Crippen molar-refractivity contribution in [2.45, 2.75) is 33.1 Å². The Hall–Kier alpha value is -1.84. The topological polar surface area (TPSA) is 57.6 Å². The van der Waals surface area contributed by atoms with Gasteiger partial charge in [0.15, 0.2) is 0 Å². The molecule has 1 aliphatic heterocycles. The van der Waals surface area contributed by atoms with Crippen LogP contribution in [0.25, 0.3) is 0 Å². The molecule has 1 N–H and O–H groups in total. The SMILES string of the molecule is CC(C)C1CCN(C(=O)Cc2ccc(C(=O)O)cc2)CC1. The first-order chi connectivity index (χ1) is 9.97. The average molecular weight is 289 g/mol. The van der Waals surface area contributed by atoms with Crippen molar-refractivity contribution in [1.82, 2.24) is 4.90 Å². The zero-order chi connectivity index (χ0) is 15.4. The maximum Gasteiger partial charge on any atom is 0.335 e. The summed E-state index contributed by atoms with van der Waals surface area (Å²) in [4.78, 5) is 25.0. The number of likely N-dealkylation sites (tertiary alicyclic amines) is 1. The third-order valence-corrected chi connectivity index (χ3v) is 4.39. The van der Waals surface area contributed by atoms with E-state index in [0.29, 0.717) is 12.3 Å². The minimum Gasteiger partial charge on any atom is -0.478 e. The predicted molar refractivity (Wildman–Crippen MR) is 81.2 cm³/mol. The molecule has 114 valence electrons. The van der Waals surface area contributed by atoms with Crippen LogP contribution in [0.2, 0.25) is 0 Å². The molecule has 1 aromatic carbocycles. The smallest absolute Gasteiger partial charge is 0.335 e. The Morgan fingerprint density at radius 1 is 1.19 bits per heavy atom. The highest BCUT2D eigenvalue weighted by Crippen LogP contribution is 2.24. The Labute approximate surface area is 125 Å². The molecule has 0 radical (unpaired) electrons. The summed E-state index contributed by atoms with van der Waals surface area (Å²) in [6.07, 6.45) is 2.52. The van der Waals surface area contributed by atoms with Crippen LogP contribution >= 0.6 is 0 Å². The third kappa shape index (κ3) is 4.06. The molecule has 1 saturated heterocycles. The number of carbonyl (C=O) groups is 2. The van der Waals surface area contributed by atoms with Crippen molar-refractivity contribution in [3.05, 3.63) is 35.4 Å². The molecule has 0 saturated carbocycles. The summed E-state index contributed by atoms with van der Waals surface area (Å²) in [5, 5.41) is 8.86. The van der Waals surface area contributed by atoms with Gasteiger partial charge in [0.05, 0.1) is 12.0 Å². The molecule has 1 fully saturated rings. The maximum atomic E-state index is 12.3. The van der Waals surface area contributed by atoms with Crippen molar-refractivity contribution >= 4 is 11.9 Å². The predicted octanol–water partition coefficient (Wildman–Crippen LogP) is 2.82. The molecule has 4 nitrogen and oxygen atoms in total. The number of aromatic carboxylic acids is 1. The van der Waals surface area contributed by atoms with Gasteiger partial charge in [-0.2, -0.15) is 0 Å². The highest BCUT2D eigenvalue weighted by Gasteiger charge is 2.24. The molecule has 0 bridgehead atoms. The highest BCUT2D eigenvalue weighted by molar-refractivity contribution is 5.87. The molecule has 1 amide bonds. The maximum absolute atomic E-state index is 12.3. The van der Waals surface area contributed by atoms with Crippen LogP contribution in [0.3, 0.4) is 0 Å². The minimum absolute atomic E-state index is 0.139. The van der Waals surface area contributed by atoms with Crippen LogP contribution in [-0.4, -0.2) is 35.0 Å². The summed E-state index contributed by atoms with van der Waals surface area (Å²) in [6, 6.07) is 6.55. The van der Waals surface area contributed by atoms with Crippen molar-refractivity contribution in [3.63, 3.8) is 0 Å². The molecule has 0 unspecified atom stereocenters. The Bertz CT molecular complexity index is 499. The molecular formula is C17H23NO3. The standard InChI is InChI=1S/C17H23NO3/c1-12(2)14-7-9-18(10-8-14)16(19)11-13-3-5-15(6-4-13)17(20)21/h3-6,12,14H,7-11H2,1-2H3,(H,20,21). The number of nitrogens with zero attached hydrogens (tertiary/aromatic N) is 1. The minimum atomic E-state index is -0.941. The van der Waals surface area contributed by atoms with Crippen molar-refractivity contribution in [3.8, 4) is 0 Å². The lowest BCUT2D eigenvalue weighted by atomic mass is 9.86. The van der Waals surface area contributed by atoms with Crippen LogP contribution in [0, 0.1) is 11.8 Å². The highest BCUT2D eigenvalue weighted by atomic mass is 16.4. The molecular weight excluding hydrogens is 266 g/mol. The number of amides is 1. The van der Waals surface area contributed by atoms with E-state index in [1.165, 1.54) is 0 Å². The average Bonchev–Trinajstić information content (AvgIpc) is 2.47. The molecule has 1 aromatic rings. The number of carboxylic acid groups (broad SMARTS) is 1. The van der Waals surface area contributed by atoms with Gasteiger partial charge in [-0.15, -0.1) is 0 Å². The first-order valence-corrected chi connectivity index (χ1v) is 7.57.